The molecule has 0 amide bonds. The summed E-state index contributed by atoms with van der Waals surface area (Å²) in [5.41, 5.74) is 7.83. The highest BCUT2D eigenvalue weighted by Crippen LogP contribution is 2.33. The van der Waals surface area contributed by atoms with Gasteiger partial charge in [-0.3, -0.25) is 4.79 Å². The lowest BCUT2D eigenvalue weighted by Crippen LogP contribution is -2.39. The van der Waals surface area contributed by atoms with Crippen LogP contribution in [-0.4, -0.2) is 62.3 Å². The molecule has 0 spiro atoms. The van der Waals surface area contributed by atoms with Gasteiger partial charge in [0.05, 0.1) is 6.33 Å². The molecule has 3 heterocycles. The van der Waals surface area contributed by atoms with Crippen molar-refractivity contribution >= 4 is 29.4 Å². The molecule has 0 radical (unpaired) electrons. The normalized spacial score (nSPS) is 25.8. The molecule has 2 aliphatic carbocycles. The topological polar surface area (TPSA) is 123 Å². The van der Waals surface area contributed by atoms with Crippen molar-refractivity contribution in [1.29, 1.82) is 0 Å². The fraction of sp³-hybridized carbons (Fsp3) is 0.727. The largest absolute Gasteiger partial charge is 0.371 e. The van der Waals surface area contributed by atoms with Crippen LogP contribution in [0.15, 0.2) is 6.33 Å². The summed E-state index contributed by atoms with van der Waals surface area (Å²) in [4.78, 5) is 30.1. The van der Waals surface area contributed by atoms with Gasteiger partial charge in [0.15, 0.2) is 17.0 Å². The van der Waals surface area contributed by atoms with E-state index in [0.29, 0.717) is 43.6 Å². The van der Waals surface area contributed by atoms with E-state index >= 15 is 0 Å². The first-order chi connectivity index (χ1) is 15.7. The highest BCUT2D eigenvalue weighted by molar-refractivity contribution is 5.84. The Kier molecular flexibility index (Phi) is 6.40. The maximum Gasteiger partial charge on any atom is 0.312 e. The summed E-state index contributed by atoms with van der Waals surface area (Å²) in [6, 6.07) is 1.38. The van der Waals surface area contributed by atoms with Crippen molar-refractivity contribution in [3.05, 3.63) is 6.33 Å². The Morgan fingerprint density at radius 3 is 2.41 bits per heavy atom. The number of carbonyl (C=O) groups is 1. The smallest absolute Gasteiger partial charge is 0.312 e. The molecule has 2 saturated carbocycles. The number of hydroxylamine groups is 2. The zero-order chi connectivity index (χ0) is 21.9. The van der Waals surface area contributed by atoms with E-state index in [1.165, 1.54) is 25.7 Å². The monoisotopic (exact) mass is 442 g/mol. The Bertz CT molecular complexity index is 912. The van der Waals surface area contributed by atoms with Gasteiger partial charge in [-0.25, -0.2) is 4.98 Å². The molecular weight excluding hydrogens is 408 g/mol. The van der Waals surface area contributed by atoms with Crippen LogP contribution in [0.3, 0.4) is 0 Å². The van der Waals surface area contributed by atoms with Gasteiger partial charge in [0, 0.05) is 37.3 Å². The highest BCUT2D eigenvalue weighted by atomic mass is 16.7. The molecule has 1 aliphatic heterocycles. The summed E-state index contributed by atoms with van der Waals surface area (Å²) < 4.78 is 2.25. The van der Waals surface area contributed by atoms with Gasteiger partial charge in [0.2, 0.25) is 5.95 Å². The van der Waals surface area contributed by atoms with E-state index in [2.05, 4.69) is 15.2 Å². The molecule has 0 atom stereocenters. The van der Waals surface area contributed by atoms with Gasteiger partial charge < -0.3 is 25.8 Å². The molecule has 3 fully saturated rings. The molecule has 3 aliphatic rings. The fourth-order valence-corrected chi connectivity index (χ4v) is 5.34. The van der Waals surface area contributed by atoms with Gasteiger partial charge in [0.1, 0.15) is 0 Å². The van der Waals surface area contributed by atoms with E-state index < -0.39 is 0 Å². The van der Waals surface area contributed by atoms with Gasteiger partial charge in [0.25, 0.3) is 0 Å². The average molecular weight is 443 g/mol. The number of nitrogens with one attached hydrogen (secondary N) is 2. The Morgan fingerprint density at radius 1 is 0.969 bits per heavy atom. The summed E-state index contributed by atoms with van der Waals surface area (Å²) in [7, 11) is 0. The molecule has 32 heavy (non-hydrogen) atoms. The van der Waals surface area contributed by atoms with Crippen molar-refractivity contribution in [1.82, 2.24) is 24.6 Å². The first kappa shape index (κ1) is 21.4. The van der Waals surface area contributed by atoms with E-state index in [-0.39, 0.29) is 6.04 Å². The molecule has 0 bridgehead atoms. The van der Waals surface area contributed by atoms with E-state index in [1.54, 1.807) is 5.06 Å². The van der Waals surface area contributed by atoms with Crippen LogP contribution in [-0.2, 0) is 9.63 Å². The predicted molar refractivity (Wildman–Crippen MR) is 122 cm³/mol. The van der Waals surface area contributed by atoms with Crippen LogP contribution in [0, 0.1) is 0 Å². The molecule has 0 aromatic carbocycles. The maximum absolute atomic E-state index is 10.6. The van der Waals surface area contributed by atoms with Crippen LogP contribution in [0.5, 0.6) is 0 Å². The molecule has 0 unspecified atom stereocenters. The summed E-state index contributed by atoms with van der Waals surface area (Å²) in [6.07, 6.45) is 12.7. The second-order valence-corrected chi connectivity index (χ2v) is 9.46. The van der Waals surface area contributed by atoms with Gasteiger partial charge in [-0.1, -0.05) is 12.8 Å². The molecule has 2 aromatic heterocycles. The van der Waals surface area contributed by atoms with Crippen LogP contribution in [0.2, 0.25) is 0 Å². The van der Waals surface area contributed by atoms with Crippen molar-refractivity contribution in [2.45, 2.75) is 88.4 Å². The van der Waals surface area contributed by atoms with E-state index in [9.17, 15) is 4.79 Å². The molecule has 1 saturated heterocycles. The Morgan fingerprint density at radius 2 is 1.69 bits per heavy atom. The summed E-state index contributed by atoms with van der Waals surface area (Å²) in [5, 5.41) is 8.90. The van der Waals surface area contributed by atoms with E-state index in [1.807, 2.05) is 6.33 Å². The van der Waals surface area contributed by atoms with Gasteiger partial charge >= 0.3 is 6.47 Å². The van der Waals surface area contributed by atoms with Crippen LogP contribution in [0.1, 0.15) is 70.3 Å². The summed E-state index contributed by atoms with van der Waals surface area (Å²) in [6.45, 7) is 1.90. The molecule has 5 rings (SSSR count). The van der Waals surface area contributed by atoms with E-state index in [0.717, 1.165) is 55.5 Å². The average Bonchev–Trinajstić information content (AvgIpc) is 3.47. The number of imidazole rings is 1. The lowest BCUT2D eigenvalue weighted by Gasteiger charge is -2.30. The number of fused-ring (bicyclic) bond motifs is 1. The molecule has 2 aromatic rings. The third-order valence-corrected chi connectivity index (χ3v) is 7.23. The van der Waals surface area contributed by atoms with Crippen LogP contribution >= 0.6 is 0 Å². The van der Waals surface area contributed by atoms with Crippen molar-refractivity contribution in [3.63, 3.8) is 0 Å². The molecule has 174 valence electrons. The van der Waals surface area contributed by atoms with Gasteiger partial charge in [-0.05, 0) is 51.4 Å². The molecular formula is C22H34N8O2. The number of nitrogens with zero attached hydrogens (tertiary/aromatic N) is 5. The van der Waals surface area contributed by atoms with E-state index in [4.69, 9.17) is 25.5 Å². The van der Waals surface area contributed by atoms with Crippen LogP contribution in [0.25, 0.3) is 11.2 Å². The SMILES string of the molecule is NC1CCC(Nc2nc(NC3CCN(OC=O)CC3)c3ncn(C4CCCC4)c3n2)CC1. The van der Waals surface area contributed by atoms with Crippen molar-refractivity contribution in [2.24, 2.45) is 5.73 Å². The number of hydrogen-bond donors (Lipinski definition) is 3. The van der Waals surface area contributed by atoms with Gasteiger partial charge in [-0.15, -0.1) is 5.06 Å². The number of piperidine rings is 1. The Labute approximate surface area is 188 Å². The Balaban J connectivity index is 1.39. The highest BCUT2D eigenvalue weighted by Gasteiger charge is 2.26. The minimum Gasteiger partial charge on any atom is -0.371 e. The third-order valence-electron chi connectivity index (χ3n) is 7.23. The fourth-order valence-electron chi connectivity index (χ4n) is 5.34. The quantitative estimate of drug-likeness (QED) is 0.555. The molecule has 10 heteroatoms. The number of carbonyl (C=O) groups excluding carboxylic acids is 1. The first-order valence-corrected chi connectivity index (χ1v) is 12.1. The molecule has 4 N–H and O–H groups in total. The second kappa shape index (κ2) is 9.58. The lowest BCUT2D eigenvalue weighted by molar-refractivity contribution is -0.178. The third kappa shape index (κ3) is 4.66. The number of anilines is 2. The number of aromatic nitrogens is 4. The van der Waals surface area contributed by atoms with Crippen molar-refractivity contribution in [2.75, 3.05) is 23.7 Å². The first-order valence-electron chi connectivity index (χ1n) is 12.1. The maximum atomic E-state index is 10.6. The molecule has 10 nitrogen and oxygen atoms in total. The second-order valence-electron chi connectivity index (χ2n) is 9.46. The number of nitrogens with two attached hydrogens (primary N) is 1. The van der Waals surface area contributed by atoms with Gasteiger partial charge in [-0.2, -0.15) is 9.97 Å². The summed E-state index contributed by atoms with van der Waals surface area (Å²) in [5.74, 6) is 1.46. The van der Waals surface area contributed by atoms with Crippen LogP contribution in [0.4, 0.5) is 11.8 Å². The summed E-state index contributed by atoms with van der Waals surface area (Å²) >= 11 is 0. The number of hydrogen-bond acceptors (Lipinski definition) is 9. The lowest BCUT2D eigenvalue weighted by atomic mass is 9.92. The van der Waals surface area contributed by atoms with Crippen molar-refractivity contribution < 1.29 is 9.63 Å². The van der Waals surface area contributed by atoms with Crippen LogP contribution < -0.4 is 16.4 Å². The predicted octanol–water partition coefficient (Wildman–Crippen LogP) is 2.59. The zero-order valence-corrected chi connectivity index (χ0v) is 18.6. The zero-order valence-electron chi connectivity index (χ0n) is 18.6. The Hall–Kier alpha value is -2.46. The van der Waals surface area contributed by atoms with Crippen molar-refractivity contribution in [3.8, 4) is 0 Å². The number of rotatable bonds is 7. The standard InChI is InChI=1S/C22H34N8O2/c23-15-5-7-16(8-6-15)26-22-27-20(25-17-9-11-29(12-10-17)32-14-31)19-21(28-22)30(13-24-19)18-3-1-2-4-18/h13-18H,1-12,23H2,(H2,25,26,27,28). The minimum atomic E-state index is 0.247. The minimum absolute atomic E-state index is 0.247.